The largest absolute Gasteiger partial charge is 0.388 e. The van der Waals surface area contributed by atoms with Gasteiger partial charge in [-0.05, 0) is 36.6 Å². The Morgan fingerprint density at radius 2 is 2.17 bits per heavy atom. The third kappa shape index (κ3) is 2.06. The molecule has 0 bridgehead atoms. The Balaban J connectivity index is 2.12. The summed E-state index contributed by atoms with van der Waals surface area (Å²) in [6, 6.07) is 8.54. The van der Waals surface area contributed by atoms with Crippen LogP contribution in [0.1, 0.15) is 30.0 Å². The minimum atomic E-state index is 0.642. The molecule has 0 aliphatic heterocycles. The number of ether oxygens (including phenoxy) is 1. The topological polar surface area (TPSA) is 34.2 Å². The summed E-state index contributed by atoms with van der Waals surface area (Å²) < 4.78 is 5.18. The Kier molecular flexibility index (Phi) is 2.92. The maximum atomic E-state index is 5.18. The van der Waals surface area contributed by atoms with E-state index in [0.29, 0.717) is 12.5 Å². The lowest BCUT2D eigenvalue weighted by Gasteiger charge is -2.10. The zero-order valence-corrected chi connectivity index (χ0v) is 10.9. The molecule has 1 aliphatic carbocycles. The van der Waals surface area contributed by atoms with Crippen LogP contribution in [0.5, 0.6) is 0 Å². The van der Waals surface area contributed by atoms with Gasteiger partial charge < -0.3 is 10.1 Å². The van der Waals surface area contributed by atoms with Crippen molar-refractivity contribution in [2.75, 3.05) is 19.5 Å². The van der Waals surface area contributed by atoms with Crippen molar-refractivity contribution in [3.63, 3.8) is 0 Å². The van der Waals surface area contributed by atoms with Gasteiger partial charge >= 0.3 is 0 Å². The van der Waals surface area contributed by atoms with Crippen molar-refractivity contribution in [2.45, 2.75) is 25.4 Å². The second-order valence-corrected chi connectivity index (χ2v) is 4.90. The average molecular weight is 242 g/mol. The molecule has 1 aromatic heterocycles. The molecule has 0 radical (unpaired) electrons. The van der Waals surface area contributed by atoms with Gasteiger partial charge in [0.1, 0.15) is 0 Å². The first-order chi connectivity index (χ1) is 8.81. The molecule has 3 rings (SSSR count). The summed E-state index contributed by atoms with van der Waals surface area (Å²) in [5.74, 6) is 0.681. The molecule has 0 amide bonds. The fourth-order valence-corrected chi connectivity index (χ4v) is 2.34. The first kappa shape index (κ1) is 11.5. The molecule has 0 atom stereocenters. The lowest BCUT2D eigenvalue weighted by Crippen LogP contribution is -1.97. The number of aromatic nitrogens is 1. The maximum absolute atomic E-state index is 5.18. The number of methoxy groups -OCH3 is 1. The number of pyridine rings is 1. The average Bonchev–Trinajstić information content (AvgIpc) is 3.22. The van der Waals surface area contributed by atoms with Crippen molar-refractivity contribution in [1.82, 2.24) is 4.98 Å². The van der Waals surface area contributed by atoms with Crippen molar-refractivity contribution >= 4 is 16.6 Å². The highest BCUT2D eigenvalue weighted by Crippen LogP contribution is 2.41. The van der Waals surface area contributed by atoms with Gasteiger partial charge in [0.25, 0.3) is 0 Å². The van der Waals surface area contributed by atoms with Gasteiger partial charge in [-0.25, -0.2) is 0 Å². The maximum Gasteiger partial charge on any atom is 0.0726 e. The molecular weight excluding hydrogens is 224 g/mol. The molecule has 1 aromatic carbocycles. The van der Waals surface area contributed by atoms with Crippen LogP contribution in [0.25, 0.3) is 10.9 Å². The number of rotatable bonds is 4. The molecular formula is C15H18N2O. The molecule has 3 heteroatoms. The summed E-state index contributed by atoms with van der Waals surface area (Å²) in [5, 5.41) is 4.46. The summed E-state index contributed by atoms with van der Waals surface area (Å²) >= 11 is 0. The zero-order chi connectivity index (χ0) is 12.5. The highest BCUT2D eigenvalue weighted by atomic mass is 16.5. The minimum Gasteiger partial charge on any atom is -0.388 e. The normalized spacial score (nSPS) is 15.0. The van der Waals surface area contributed by atoms with Gasteiger partial charge in [-0.1, -0.05) is 6.07 Å². The summed E-state index contributed by atoms with van der Waals surface area (Å²) in [7, 11) is 3.69. The molecule has 2 aromatic rings. The van der Waals surface area contributed by atoms with Crippen LogP contribution in [-0.2, 0) is 11.3 Å². The van der Waals surface area contributed by atoms with Crippen LogP contribution < -0.4 is 5.32 Å². The zero-order valence-electron chi connectivity index (χ0n) is 10.9. The molecule has 1 aliphatic rings. The predicted octanol–water partition coefficient (Wildman–Crippen LogP) is 3.30. The number of hydrogen-bond acceptors (Lipinski definition) is 3. The van der Waals surface area contributed by atoms with Gasteiger partial charge in [0, 0.05) is 36.8 Å². The van der Waals surface area contributed by atoms with Gasteiger partial charge in [0.05, 0.1) is 12.1 Å². The van der Waals surface area contributed by atoms with Gasteiger partial charge in [-0.15, -0.1) is 0 Å². The molecule has 94 valence electrons. The highest BCUT2D eigenvalue weighted by molar-refractivity contribution is 5.92. The van der Waals surface area contributed by atoms with E-state index >= 15 is 0 Å². The van der Waals surface area contributed by atoms with E-state index in [4.69, 9.17) is 9.72 Å². The van der Waals surface area contributed by atoms with Crippen LogP contribution in [0.4, 0.5) is 5.69 Å². The van der Waals surface area contributed by atoms with Crippen LogP contribution >= 0.6 is 0 Å². The van der Waals surface area contributed by atoms with Crippen LogP contribution in [0.3, 0.4) is 0 Å². The van der Waals surface area contributed by atoms with Gasteiger partial charge in [-0.3, -0.25) is 4.98 Å². The number of hydrogen-bond donors (Lipinski definition) is 1. The lowest BCUT2D eigenvalue weighted by molar-refractivity contribution is 0.185. The molecule has 1 N–H and O–H groups in total. The van der Waals surface area contributed by atoms with Crippen LogP contribution in [0.15, 0.2) is 24.3 Å². The molecule has 0 unspecified atom stereocenters. The van der Waals surface area contributed by atoms with Crippen LogP contribution in [0, 0.1) is 0 Å². The molecule has 18 heavy (non-hydrogen) atoms. The van der Waals surface area contributed by atoms with Crippen LogP contribution in [-0.4, -0.2) is 19.1 Å². The minimum absolute atomic E-state index is 0.642. The number of anilines is 1. The Morgan fingerprint density at radius 1 is 1.33 bits per heavy atom. The van der Waals surface area contributed by atoms with E-state index in [9.17, 15) is 0 Å². The fraction of sp³-hybridized carbons (Fsp3) is 0.400. The first-order valence-electron chi connectivity index (χ1n) is 6.42. The Hall–Kier alpha value is -1.61. The van der Waals surface area contributed by atoms with E-state index in [1.165, 1.54) is 35.2 Å². The lowest BCUT2D eigenvalue weighted by atomic mass is 10.1. The first-order valence-corrected chi connectivity index (χ1v) is 6.42. The highest BCUT2D eigenvalue weighted by Gasteiger charge is 2.25. The van der Waals surface area contributed by atoms with Crippen molar-refractivity contribution in [1.29, 1.82) is 0 Å². The van der Waals surface area contributed by atoms with E-state index in [1.54, 1.807) is 7.11 Å². The molecule has 1 saturated carbocycles. The van der Waals surface area contributed by atoms with Crippen molar-refractivity contribution in [3.8, 4) is 0 Å². The van der Waals surface area contributed by atoms with E-state index in [2.05, 4.69) is 29.6 Å². The number of fused-ring (bicyclic) bond motifs is 1. The molecule has 1 heterocycles. The van der Waals surface area contributed by atoms with E-state index < -0.39 is 0 Å². The Morgan fingerprint density at radius 3 is 2.83 bits per heavy atom. The Bertz CT molecular complexity index is 576. The molecule has 3 nitrogen and oxygen atoms in total. The summed E-state index contributed by atoms with van der Waals surface area (Å²) in [5.41, 5.74) is 4.65. The quantitative estimate of drug-likeness (QED) is 0.893. The van der Waals surface area contributed by atoms with Crippen molar-refractivity contribution < 1.29 is 4.74 Å². The van der Waals surface area contributed by atoms with E-state index in [1.807, 2.05) is 7.05 Å². The number of nitrogens with one attached hydrogen (secondary N) is 1. The molecule has 0 saturated heterocycles. The summed E-state index contributed by atoms with van der Waals surface area (Å²) in [4.78, 5) is 4.77. The van der Waals surface area contributed by atoms with E-state index in [-0.39, 0.29) is 0 Å². The second-order valence-electron chi connectivity index (χ2n) is 4.90. The van der Waals surface area contributed by atoms with Crippen molar-refractivity contribution in [2.24, 2.45) is 0 Å². The second kappa shape index (κ2) is 4.58. The Labute approximate surface area is 107 Å². The smallest absolute Gasteiger partial charge is 0.0726 e. The van der Waals surface area contributed by atoms with Crippen LogP contribution in [0.2, 0.25) is 0 Å². The van der Waals surface area contributed by atoms with Gasteiger partial charge in [0.2, 0.25) is 0 Å². The van der Waals surface area contributed by atoms with Gasteiger partial charge in [-0.2, -0.15) is 0 Å². The third-order valence-corrected chi connectivity index (χ3v) is 3.47. The summed E-state index contributed by atoms with van der Waals surface area (Å²) in [6.07, 6.45) is 2.56. The van der Waals surface area contributed by atoms with E-state index in [0.717, 1.165) is 5.52 Å². The van der Waals surface area contributed by atoms with Gasteiger partial charge in [0.15, 0.2) is 0 Å². The SMILES string of the molecule is CNc1cc(C2CC2)nc2ccc(COC)cc12. The van der Waals surface area contributed by atoms with Crippen molar-refractivity contribution in [3.05, 3.63) is 35.5 Å². The summed E-state index contributed by atoms with van der Waals surface area (Å²) in [6.45, 7) is 0.642. The molecule has 0 spiro atoms. The number of nitrogens with zero attached hydrogens (tertiary/aromatic N) is 1. The number of benzene rings is 1. The molecule has 1 fully saturated rings. The standard InChI is InChI=1S/C15H18N2O/c1-16-15-8-14(11-4-5-11)17-13-6-3-10(9-18-2)7-12(13)15/h3,6-8,11H,4-5,9H2,1-2H3,(H,16,17). The predicted molar refractivity (Wildman–Crippen MR) is 74.0 cm³/mol. The third-order valence-electron chi connectivity index (χ3n) is 3.47. The monoisotopic (exact) mass is 242 g/mol. The fourth-order valence-electron chi connectivity index (χ4n) is 2.34.